The third-order valence-corrected chi connectivity index (χ3v) is 8.38. The van der Waals surface area contributed by atoms with E-state index in [1.165, 1.54) is 42.0 Å². The first kappa shape index (κ1) is 29.9. The monoisotopic (exact) mass is 614 g/mol. The smallest absolute Gasteiger partial charge is 0.282 e. The molecule has 0 bridgehead atoms. The van der Waals surface area contributed by atoms with E-state index in [0.717, 1.165) is 0 Å². The van der Waals surface area contributed by atoms with E-state index in [-0.39, 0.29) is 65.1 Å². The number of carbonyl (C=O) groups is 2. The zero-order valence-corrected chi connectivity index (χ0v) is 25.4. The number of piperazine rings is 1. The Morgan fingerprint density at radius 1 is 1.16 bits per heavy atom. The fourth-order valence-corrected chi connectivity index (χ4v) is 6.31. The van der Waals surface area contributed by atoms with Crippen molar-refractivity contribution < 1.29 is 23.1 Å². The predicted octanol–water partition coefficient (Wildman–Crippen LogP) is 4.71. The molecule has 0 saturated carbocycles. The largest absolute Gasteiger partial charge is 0.496 e. The molecule has 1 N–H and O–H groups in total. The van der Waals surface area contributed by atoms with Crippen LogP contribution in [0.4, 0.5) is 20.2 Å². The van der Waals surface area contributed by atoms with Crippen molar-refractivity contribution in [3.05, 3.63) is 82.4 Å². The average Bonchev–Trinajstić information content (AvgIpc) is 3.16. The Morgan fingerprint density at radius 2 is 1.93 bits per heavy atom. The van der Waals surface area contributed by atoms with Crippen molar-refractivity contribution in [2.45, 2.75) is 39.2 Å². The van der Waals surface area contributed by atoms with E-state index in [0.29, 0.717) is 29.2 Å². The van der Waals surface area contributed by atoms with Gasteiger partial charge in [0.05, 0.1) is 35.8 Å². The number of methoxy groups -OCH3 is 1. The highest BCUT2D eigenvalue weighted by molar-refractivity contribution is 6.06. The molecule has 1 atom stereocenters. The lowest BCUT2D eigenvalue weighted by Gasteiger charge is -2.42. The number of hydrogen-bond acceptors (Lipinski definition) is 7. The van der Waals surface area contributed by atoms with Crippen LogP contribution in [0, 0.1) is 18.6 Å². The molecule has 1 aromatic carbocycles. The highest BCUT2D eigenvalue weighted by Gasteiger charge is 2.38. The van der Waals surface area contributed by atoms with Crippen molar-refractivity contribution in [1.29, 1.82) is 0 Å². The number of aryl methyl sites for hydroxylation is 1. The number of nitrogens with zero attached hydrogens (tertiary/aromatic N) is 5. The fraction of sp³-hybridized carbons (Fsp3) is 0.303. The van der Waals surface area contributed by atoms with Gasteiger partial charge in [0.2, 0.25) is 11.8 Å². The average molecular weight is 615 g/mol. The number of nitrogens with one attached hydrogen (secondary N) is 1. The minimum absolute atomic E-state index is 0.0138. The lowest BCUT2D eigenvalue weighted by atomic mass is 10.0. The van der Waals surface area contributed by atoms with Crippen LogP contribution in [-0.4, -0.2) is 64.0 Å². The summed E-state index contributed by atoms with van der Waals surface area (Å²) >= 11 is 0. The molecule has 6 rings (SSSR count). The van der Waals surface area contributed by atoms with Gasteiger partial charge in [0.25, 0.3) is 5.56 Å². The Hall–Kier alpha value is -5.13. The van der Waals surface area contributed by atoms with Gasteiger partial charge in [0, 0.05) is 37.6 Å². The Balaban J connectivity index is 1.74. The maximum atomic E-state index is 16.3. The molecule has 2 aliphatic rings. The maximum Gasteiger partial charge on any atom is 0.282 e. The molecule has 5 heterocycles. The molecule has 12 heteroatoms. The van der Waals surface area contributed by atoms with Crippen LogP contribution in [0.3, 0.4) is 0 Å². The third-order valence-electron chi connectivity index (χ3n) is 8.38. The van der Waals surface area contributed by atoms with Gasteiger partial charge in [-0.1, -0.05) is 26.5 Å². The number of amides is 2. The number of rotatable bonds is 5. The molecular weight excluding hydrogens is 582 g/mol. The van der Waals surface area contributed by atoms with Gasteiger partial charge in [-0.15, -0.1) is 0 Å². The number of halogens is 2. The second-order valence-electron chi connectivity index (χ2n) is 11.5. The normalized spacial score (nSPS) is 16.2. The summed E-state index contributed by atoms with van der Waals surface area (Å²) in [5.74, 6) is -2.35. The lowest BCUT2D eigenvalue weighted by Crippen LogP contribution is -2.55. The van der Waals surface area contributed by atoms with Crippen LogP contribution in [0.15, 0.2) is 54.0 Å². The second-order valence-corrected chi connectivity index (χ2v) is 11.5. The summed E-state index contributed by atoms with van der Waals surface area (Å²) in [6, 6.07) is 6.58. The Morgan fingerprint density at radius 3 is 2.64 bits per heavy atom. The molecule has 0 aliphatic carbocycles. The number of carbonyl (C=O) groups excluding carboxylic acids is 2. The molecule has 0 spiro atoms. The number of hydrogen-bond donors (Lipinski definition) is 1. The summed E-state index contributed by atoms with van der Waals surface area (Å²) in [6.07, 6.45) is 2.85. The van der Waals surface area contributed by atoms with E-state index in [4.69, 9.17) is 4.74 Å². The van der Waals surface area contributed by atoms with Crippen LogP contribution in [0.1, 0.15) is 37.4 Å². The van der Waals surface area contributed by atoms with Crippen LogP contribution < -0.4 is 20.5 Å². The molecule has 1 unspecified atom stereocenters. The SMILES string of the molecule is C=CC(=O)N1CCN2c3c(c(=O)n(-c4c(C)ccnc4C(C)C)c4nc(-c5c(F)cccc5OC)c(F)cc34)NC(=O)CC2C1. The number of ether oxygens (including phenoxy) is 1. The van der Waals surface area contributed by atoms with Gasteiger partial charge in [0.1, 0.15) is 22.9 Å². The van der Waals surface area contributed by atoms with Crippen LogP contribution in [0.5, 0.6) is 5.75 Å². The van der Waals surface area contributed by atoms with Gasteiger partial charge in [-0.2, -0.15) is 0 Å². The fourth-order valence-electron chi connectivity index (χ4n) is 6.31. The molecule has 1 saturated heterocycles. The van der Waals surface area contributed by atoms with E-state index >= 15 is 8.78 Å². The van der Waals surface area contributed by atoms with Crippen molar-refractivity contribution in [1.82, 2.24) is 19.4 Å². The summed E-state index contributed by atoms with van der Waals surface area (Å²) in [7, 11) is 1.35. The summed E-state index contributed by atoms with van der Waals surface area (Å²) in [5.41, 5.74) is 0.904. The zero-order valence-electron chi connectivity index (χ0n) is 25.4. The molecule has 3 aromatic heterocycles. The van der Waals surface area contributed by atoms with Crippen LogP contribution in [0.25, 0.3) is 28.0 Å². The zero-order chi connectivity index (χ0) is 32.2. The van der Waals surface area contributed by atoms with Crippen molar-refractivity contribution in [3.8, 4) is 22.7 Å². The standard InChI is InChI=1S/C33H32F2N6O4/c1-6-25(43)39-12-13-40-19(16-39)14-24(42)37-29-31(40)20-15-22(35)28(26-21(34)8-7-9-23(26)45-5)38-32(20)41(33(29)44)30-18(4)10-11-36-27(30)17(2)3/h6-11,15,17,19H,1,12-14,16H2,2-5H3,(H,37,42). The lowest BCUT2D eigenvalue weighted by molar-refractivity contribution is -0.127. The van der Waals surface area contributed by atoms with Gasteiger partial charge in [-0.25, -0.2) is 13.8 Å². The van der Waals surface area contributed by atoms with Gasteiger partial charge in [-0.3, -0.25) is 23.9 Å². The topological polar surface area (TPSA) is 110 Å². The minimum atomic E-state index is -0.849. The van der Waals surface area contributed by atoms with Gasteiger partial charge in [-0.05, 0) is 48.7 Å². The molecule has 1 fully saturated rings. The van der Waals surface area contributed by atoms with Crippen molar-refractivity contribution >= 4 is 34.2 Å². The number of aromatic nitrogens is 3. The van der Waals surface area contributed by atoms with Crippen molar-refractivity contribution in [2.75, 3.05) is 37.0 Å². The molecule has 10 nitrogen and oxygen atoms in total. The van der Waals surface area contributed by atoms with E-state index in [2.05, 4.69) is 21.9 Å². The molecule has 45 heavy (non-hydrogen) atoms. The van der Waals surface area contributed by atoms with Crippen molar-refractivity contribution in [3.63, 3.8) is 0 Å². The summed E-state index contributed by atoms with van der Waals surface area (Å²) in [5, 5.41) is 3.01. The summed E-state index contributed by atoms with van der Waals surface area (Å²) in [6.45, 7) is 10.0. The molecule has 2 aliphatic heterocycles. The molecule has 0 radical (unpaired) electrons. The first-order valence-corrected chi connectivity index (χ1v) is 14.6. The predicted molar refractivity (Wildman–Crippen MR) is 167 cm³/mol. The highest BCUT2D eigenvalue weighted by Crippen LogP contribution is 2.41. The summed E-state index contributed by atoms with van der Waals surface area (Å²) in [4.78, 5) is 53.1. The maximum absolute atomic E-state index is 16.3. The Kier molecular flexibility index (Phi) is 7.59. The van der Waals surface area contributed by atoms with Gasteiger partial charge >= 0.3 is 0 Å². The second kappa shape index (κ2) is 11.4. The number of pyridine rings is 3. The molecule has 2 amide bonds. The quantitative estimate of drug-likeness (QED) is 0.324. The molecule has 232 valence electrons. The van der Waals surface area contributed by atoms with E-state index in [1.807, 2.05) is 25.7 Å². The molecule has 4 aromatic rings. The van der Waals surface area contributed by atoms with Crippen LogP contribution >= 0.6 is 0 Å². The number of fused-ring (bicyclic) bond motifs is 5. The molecular formula is C33H32F2N6O4. The Labute approximate surface area is 258 Å². The number of anilines is 2. The highest BCUT2D eigenvalue weighted by atomic mass is 19.1. The van der Waals surface area contributed by atoms with E-state index in [1.54, 1.807) is 17.2 Å². The first-order chi connectivity index (χ1) is 21.5. The van der Waals surface area contributed by atoms with Gasteiger partial charge in [0.15, 0.2) is 11.5 Å². The van der Waals surface area contributed by atoms with Gasteiger partial charge < -0.3 is 19.9 Å². The third kappa shape index (κ3) is 4.90. The number of benzene rings is 1. The first-order valence-electron chi connectivity index (χ1n) is 14.6. The Bertz CT molecular complexity index is 1960. The minimum Gasteiger partial charge on any atom is -0.496 e. The van der Waals surface area contributed by atoms with Crippen LogP contribution in [-0.2, 0) is 9.59 Å². The van der Waals surface area contributed by atoms with E-state index < -0.39 is 29.1 Å². The summed E-state index contributed by atoms with van der Waals surface area (Å²) < 4.78 is 38.3. The van der Waals surface area contributed by atoms with E-state index in [9.17, 15) is 14.4 Å². The van der Waals surface area contributed by atoms with Crippen molar-refractivity contribution in [2.24, 2.45) is 0 Å². The van der Waals surface area contributed by atoms with Crippen LogP contribution in [0.2, 0.25) is 0 Å².